The first-order valence-corrected chi connectivity index (χ1v) is 32.9. The molecule has 2 unspecified atom stereocenters. The zero-order chi connectivity index (χ0) is 61.9. The first kappa shape index (κ1) is 79.4. The van der Waals surface area contributed by atoms with E-state index in [1.165, 1.54) is 57.8 Å². The Kier molecular flexibility index (Phi) is 60.1. The summed E-state index contributed by atoms with van der Waals surface area (Å²) in [7, 11) is 5.94. The molecule has 1 N–H and O–H groups in total. The Bertz CT molecular complexity index is 2050. The lowest BCUT2D eigenvalue weighted by Crippen LogP contribution is -2.40. The maximum Gasteiger partial charge on any atom is 0.361 e. The molecule has 0 rings (SSSR count). The van der Waals surface area contributed by atoms with Crippen LogP contribution in [0.25, 0.3) is 0 Å². The predicted molar refractivity (Wildman–Crippen MR) is 363 cm³/mol. The lowest BCUT2D eigenvalue weighted by Gasteiger charge is -2.25. The molecule has 85 heavy (non-hydrogen) atoms. The molecule has 0 spiro atoms. The minimum Gasteiger partial charge on any atom is -0.477 e. The van der Waals surface area contributed by atoms with Crippen LogP contribution in [0.1, 0.15) is 219 Å². The van der Waals surface area contributed by atoms with Gasteiger partial charge in [-0.05, 0) is 128 Å². The summed E-state index contributed by atoms with van der Waals surface area (Å²) in [5.41, 5.74) is 0. The highest BCUT2D eigenvalue weighted by Gasteiger charge is 2.25. The van der Waals surface area contributed by atoms with Crippen molar-refractivity contribution in [2.75, 3.05) is 47.5 Å². The van der Waals surface area contributed by atoms with E-state index >= 15 is 0 Å². The SMILES string of the molecule is CC/C=C\C/C=C\C/C=C\C/C=C\C/C=C\C/C=C\C/C=C\C/C=C\C/C=C\CCCC(=O)OC(COC(=O)CCCCCCCCCCCCCC/C=C\C/C=C\C/C=C\C/C=C\C/C=C\C/C=C\CC)COC(OCC[N+](C)(C)C)C(=O)O. The summed E-state index contributed by atoms with van der Waals surface area (Å²) in [6.45, 7) is 4.56. The Morgan fingerprint density at radius 3 is 0.976 bits per heavy atom. The molecular weight excluding hydrogens is 1050 g/mol. The molecule has 0 amide bonds. The van der Waals surface area contributed by atoms with Crippen LogP contribution in [0.15, 0.2) is 182 Å². The van der Waals surface area contributed by atoms with Gasteiger partial charge in [-0.15, -0.1) is 0 Å². The molecule has 0 aliphatic carbocycles. The number of carboxylic acid groups (broad SMARTS) is 1. The van der Waals surface area contributed by atoms with Crippen LogP contribution in [0.2, 0.25) is 0 Å². The van der Waals surface area contributed by atoms with Gasteiger partial charge in [0.2, 0.25) is 0 Å². The number of allylic oxidation sites excluding steroid dienone is 30. The fourth-order valence-corrected chi connectivity index (χ4v) is 8.19. The minimum atomic E-state index is -1.54. The standard InChI is InChI=1S/C76H119NO8/c1-6-8-10-12-14-16-18-20-22-24-26-28-30-32-34-36-37-39-40-42-44-46-48-50-52-54-56-58-60-62-64-66-73(78)83-70-72(71-84-76(75(80)81)82-69-68-77(3,4)5)85-74(79)67-65-63-61-59-57-55-53-51-49-47-45-43-41-38-35-33-31-29-27-25-23-21-19-17-15-13-11-9-7-2/h8-11,14-17,20-23,26-29,32-35,37,39,41,43,47,49,53,55,59,61,72,76H,6-7,12-13,18-19,24-25,30-31,36,38,40,42,44-46,48,50-52,54,56-58,60,62-71H2,1-5H3/p+1/b10-8-,11-9-,16-14-,17-15-,22-20-,23-21-,28-26-,29-27-,34-32-,35-33-,39-37-,43-41-,49-47-,55-53-,61-59-. The molecule has 9 heteroatoms. The molecule has 0 fully saturated rings. The van der Waals surface area contributed by atoms with Gasteiger partial charge in [0, 0.05) is 12.8 Å². The average Bonchev–Trinajstić information content (AvgIpc) is 3.48. The first-order valence-electron chi connectivity index (χ1n) is 32.9. The zero-order valence-corrected chi connectivity index (χ0v) is 54.2. The summed E-state index contributed by atoms with van der Waals surface area (Å²) in [6, 6.07) is 0. The molecule has 9 nitrogen and oxygen atoms in total. The number of carboxylic acids is 1. The second-order valence-corrected chi connectivity index (χ2v) is 22.3. The van der Waals surface area contributed by atoms with Crippen LogP contribution < -0.4 is 0 Å². The number of likely N-dealkylation sites (N-methyl/N-ethyl adjacent to an activating group) is 1. The summed E-state index contributed by atoms with van der Waals surface area (Å²) in [6.07, 6.45) is 95.6. The second kappa shape index (κ2) is 64.4. The van der Waals surface area contributed by atoms with Gasteiger partial charge in [0.25, 0.3) is 6.29 Å². The largest absolute Gasteiger partial charge is 0.477 e. The molecule has 2 atom stereocenters. The molecule has 0 aromatic rings. The van der Waals surface area contributed by atoms with Crippen LogP contribution in [-0.2, 0) is 33.3 Å². The average molecular weight is 1180 g/mol. The third kappa shape index (κ3) is 65.8. The number of aliphatic carboxylic acids is 1. The summed E-state index contributed by atoms with van der Waals surface area (Å²) in [5.74, 6) is -2.11. The highest BCUT2D eigenvalue weighted by atomic mass is 16.7. The molecule has 0 aromatic carbocycles. The third-order valence-corrected chi connectivity index (χ3v) is 13.2. The molecule has 0 heterocycles. The molecule has 0 aliphatic rings. The number of quaternary nitrogens is 1. The highest BCUT2D eigenvalue weighted by molar-refractivity contribution is 5.71. The van der Waals surface area contributed by atoms with E-state index < -0.39 is 24.3 Å². The Morgan fingerprint density at radius 1 is 0.353 bits per heavy atom. The van der Waals surface area contributed by atoms with Gasteiger partial charge in [-0.2, -0.15) is 0 Å². The number of unbranched alkanes of at least 4 members (excludes halogenated alkanes) is 13. The number of carbonyl (C=O) groups excluding carboxylic acids is 2. The Morgan fingerprint density at radius 2 is 0.647 bits per heavy atom. The van der Waals surface area contributed by atoms with Gasteiger partial charge in [0.05, 0.1) is 34.4 Å². The highest BCUT2D eigenvalue weighted by Crippen LogP contribution is 2.15. The van der Waals surface area contributed by atoms with E-state index in [1.54, 1.807) is 0 Å². The number of ether oxygens (including phenoxy) is 4. The number of rotatable bonds is 58. The van der Waals surface area contributed by atoms with Crippen LogP contribution in [0, 0.1) is 0 Å². The number of esters is 2. The molecule has 476 valence electrons. The van der Waals surface area contributed by atoms with Crippen molar-refractivity contribution in [3.05, 3.63) is 182 Å². The van der Waals surface area contributed by atoms with Crippen LogP contribution in [-0.4, -0.2) is 87.4 Å². The van der Waals surface area contributed by atoms with Crippen molar-refractivity contribution in [1.82, 2.24) is 0 Å². The topological polar surface area (TPSA) is 108 Å². The monoisotopic (exact) mass is 1170 g/mol. The van der Waals surface area contributed by atoms with E-state index in [1.807, 2.05) is 21.1 Å². The Balaban J connectivity index is 4.32. The summed E-state index contributed by atoms with van der Waals surface area (Å²) in [4.78, 5) is 37.6. The fraction of sp³-hybridized carbons (Fsp3) is 0.566. The van der Waals surface area contributed by atoms with Crippen LogP contribution in [0.5, 0.6) is 0 Å². The van der Waals surface area contributed by atoms with Gasteiger partial charge < -0.3 is 28.5 Å². The quantitative estimate of drug-likeness (QED) is 0.0211. The minimum absolute atomic E-state index is 0.166. The van der Waals surface area contributed by atoms with Gasteiger partial charge in [-0.1, -0.05) is 260 Å². The Labute approximate surface area is 519 Å². The van der Waals surface area contributed by atoms with Gasteiger partial charge in [-0.3, -0.25) is 9.59 Å². The zero-order valence-electron chi connectivity index (χ0n) is 54.2. The summed E-state index contributed by atoms with van der Waals surface area (Å²) >= 11 is 0. The number of nitrogens with zero attached hydrogens (tertiary/aromatic N) is 1. The summed E-state index contributed by atoms with van der Waals surface area (Å²) in [5, 5.41) is 9.73. The van der Waals surface area contributed by atoms with Crippen molar-refractivity contribution < 1.29 is 42.9 Å². The van der Waals surface area contributed by atoms with Crippen molar-refractivity contribution in [3.63, 3.8) is 0 Å². The Hall–Kier alpha value is -5.61. The van der Waals surface area contributed by atoms with Crippen LogP contribution in [0.3, 0.4) is 0 Å². The predicted octanol–water partition coefficient (Wildman–Crippen LogP) is 20.5. The molecule has 0 radical (unpaired) electrons. The van der Waals surface area contributed by atoms with Gasteiger partial charge >= 0.3 is 17.9 Å². The lowest BCUT2D eigenvalue weighted by molar-refractivity contribution is -0.870. The van der Waals surface area contributed by atoms with Crippen molar-refractivity contribution in [2.45, 2.75) is 232 Å². The van der Waals surface area contributed by atoms with Crippen molar-refractivity contribution >= 4 is 17.9 Å². The summed E-state index contributed by atoms with van der Waals surface area (Å²) < 4.78 is 22.9. The van der Waals surface area contributed by atoms with Crippen molar-refractivity contribution in [3.8, 4) is 0 Å². The molecular formula is C76H120NO8+. The van der Waals surface area contributed by atoms with Crippen molar-refractivity contribution in [1.29, 1.82) is 0 Å². The van der Waals surface area contributed by atoms with E-state index in [9.17, 15) is 19.5 Å². The van der Waals surface area contributed by atoms with E-state index in [2.05, 4.69) is 196 Å². The maximum absolute atomic E-state index is 12.9. The van der Waals surface area contributed by atoms with E-state index in [-0.39, 0.29) is 38.6 Å². The first-order chi connectivity index (χ1) is 41.6. The smallest absolute Gasteiger partial charge is 0.361 e. The maximum atomic E-state index is 12.9. The van der Waals surface area contributed by atoms with Crippen molar-refractivity contribution in [2.24, 2.45) is 0 Å². The normalized spacial score (nSPS) is 13.9. The van der Waals surface area contributed by atoms with Gasteiger partial charge in [0.15, 0.2) is 6.10 Å². The van der Waals surface area contributed by atoms with Crippen LogP contribution in [0.4, 0.5) is 0 Å². The van der Waals surface area contributed by atoms with E-state index in [0.717, 1.165) is 122 Å². The third-order valence-electron chi connectivity index (χ3n) is 13.2. The van der Waals surface area contributed by atoms with E-state index in [4.69, 9.17) is 18.9 Å². The molecule has 0 bridgehead atoms. The van der Waals surface area contributed by atoms with E-state index in [0.29, 0.717) is 23.9 Å². The molecule has 0 aromatic heterocycles. The molecule has 0 saturated heterocycles. The molecule has 0 saturated carbocycles. The van der Waals surface area contributed by atoms with Gasteiger partial charge in [-0.25, -0.2) is 4.79 Å². The lowest BCUT2D eigenvalue weighted by atomic mass is 10.0. The number of hydrogen-bond acceptors (Lipinski definition) is 7. The van der Waals surface area contributed by atoms with Crippen LogP contribution >= 0.6 is 0 Å². The number of carbonyl (C=O) groups is 3. The van der Waals surface area contributed by atoms with Gasteiger partial charge in [0.1, 0.15) is 13.2 Å². The second-order valence-electron chi connectivity index (χ2n) is 22.3. The number of hydrogen-bond donors (Lipinski definition) is 1. The molecule has 0 aliphatic heterocycles. The fourth-order valence-electron chi connectivity index (χ4n) is 8.19.